The third-order valence-electron chi connectivity index (χ3n) is 8.86. The maximum absolute atomic E-state index is 14.0. The van der Waals surface area contributed by atoms with E-state index in [0.717, 1.165) is 35.0 Å². The number of carbonyl (C=O) groups excluding carboxylic acids is 1. The number of nitrogens with zero attached hydrogens (tertiary/aromatic N) is 2. The van der Waals surface area contributed by atoms with Crippen molar-refractivity contribution in [2.75, 3.05) is 23.1 Å². The molecule has 4 aromatic rings. The SMILES string of the molecule is CCn1ccc2c(N3CCCCS3(O)O)cc(C(=O)N[C@@H](Cc3ccccc3)[C@@H](O)CNC(C)(C)c3cccc(C(F)(F)F)c3)cc21. The lowest BCUT2D eigenvalue weighted by molar-refractivity contribution is -0.137. The number of fused-ring (bicyclic) bond motifs is 1. The van der Waals surface area contributed by atoms with E-state index in [9.17, 15) is 32.2 Å². The number of aliphatic hydroxyl groups excluding tert-OH is 1. The standard InChI is InChI=1S/C35H43F3N4O4S/c1-4-41-17-15-28-30(41)20-25(21-31(28)42-16-8-9-18-47(42,45)46)33(44)40-29(19-24-11-6-5-7-12-24)32(43)23-39-34(2,3)26-13-10-14-27(22-26)35(36,37)38/h5-7,10-15,17,20-22,29,32,39,43,45-46H,4,8-9,16,18-19,23H2,1-3H3,(H,40,44)/t29-,32-/m0/s1. The van der Waals surface area contributed by atoms with Crippen LogP contribution in [0.25, 0.3) is 10.9 Å². The number of rotatable bonds is 11. The summed E-state index contributed by atoms with van der Waals surface area (Å²) in [5.41, 5.74) is 1.27. The second-order valence-electron chi connectivity index (χ2n) is 12.6. The summed E-state index contributed by atoms with van der Waals surface area (Å²) in [4.78, 5) is 14.0. The third kappa shape index (κ3) is 7.95. The van der Waals surface area contributed by atoms with Crippen LogP contribution in [0.1, 0.15) is 60.7 Å². The van der Waals surface area contributed by atoms with Gasteiger partial charge in [0, 0.05) is 42.3 Å². The number of nitrogens with one attached hydrogen (secondary N) is 2. The number of benzene rings is 3. The van der Waals surface area contributed by atoms with Crippen molar-refractivity contribution >= 4 is 33.3 Å². The molecule has 5 N–H and O–H groups in total. The van der Waals surface area contributed by atoms with Crippen LogP contribution in [0, 0.1) is 0 Å². The number of amides is 1. The Labute approximate surface area is 275 Å². The van der Waals surface area contributed by atoms with Gasteiger partial charge in [0.15, 0.2) is 0 Å². The summed E-state index contributed by atoms with van der Waals surface area (Å²) in [7, 11) is -3.06. The average Bonchev–Trinajstić information content (AvgIpc) is 3.46. The Morgan fingerprint density at radius 1 is 0.979 bits per heavy atom. The fraction of sp³-hybridized carbons (Fsp3) is 0.400. The zero-order valence-electron chi connectivity index (χ0n) is 26.8. The Balaban J connectivity index is 1.42. The highest BCUT2D eigenvalue weighted by atomic mass is 32.3. The van der Waals surface area contributed by atoms with Crippen molar-refractivity contribution in [3.8, 4) is 0 Å². The minimum absolute atomic E-state index is 0.0152. The number of aromatic nitrogens is 1. The van der Waals surface area contributed by atoms with Crippen LogP contribution in [0.5, 0.6) is 0 Å². The molecule has 0 bridgehead atoms. The molecule has 3 aromatic carbocycles. The Kier molecular flexibility index (Phi) is 10.3. The van der Waals surface area contributed by atoms with Crippen molar-refractivity contribution in [1.29, 1.82) is 0 Å². The molecule has 1 amide bonds. The molecule has 1 aliphatic heterocycles. The van der Waals surface area contributed by atoms with Gasteiger partial charge in [-0.1, -0.05) is 42.5 Å². The van der Waals surface area contributed by atoms with Crippen molar-refractivity contribution in [2.45, 2.75) is 70.4 Å². The zero-order chi connectivity index (χ0) is 34.0. The molecule has 1 aromatic heterocycles. The largest absolute Gasteiger partial charge is 0.416 e. The number of aryl methyl sites for hydroxylation is 1. The van der Waals surface area contributed by atoms with Gasteiger partial charge in [0.1, 0.15) is 0 Å². The van der Waals surface area contributed by atoms with Gasteiger partial charge in [0.2, 0.25) is 0 Å². The summed E-state index contributed by atoms with van der Waals surface area (Å²) in [5, 5.41) is 18.5. The van der Waals surface area contributed by atoms with Crippen molar-refractivity contribution in [3.05, 3.63) is 101 Å². The number of hydrogen-bond acceptors (Lipinski definition) is 6. The monoisotopic (exact) mass is 672 g/mol. The van der Waals surface area contributed by atoms with Gasteiger partial charge >= 0.3 is 6.18 Å². The lowest BCUT2D eigenvalue weighted by atomic mass is 9.92. The van der Waals surface area contributed by atoms with E-state index in [4.69, 9.17) is 0 Å². The molecular weight excluding hydrogens is 629 g/mol. The van der Waals surface area contributed by atoms with Crippen LogP contribution < -0.4 is 14.9 Å². The van der Waals surface area contributed by atoms with Crippen molar-refractivity contribution in [3.63, 3.8) is 0 Å². The molecule has 1 fully saturated rings. The maximum Gasteiger partial charge on any atom is 0.416 e. The third-order valence-corrected chi connectivity index (χ3v) is 10.8. The molecule has 0 spiro atoms. The summed E-state index contributed by atoms with van der Waals surface area (Å²) < 4.78 is 65.7. The van der Waals surface area contributed by atoms with Crippen molar-refractivity contribution in [2.24, 2.45) is 0 Å². The molecule has 1 saturated heterocycles. The summed E-state index contributed by atoms with van der Waals surface area (Å²) >= 11 is 0. The number of hydrogen-bond donors (Lipinski definition) is 5. The van der Waals surface area contributed by atoms with E-state index in [1.54, 1.807) is 36.4 Å². The molecule has 5 rings (SSSR count). The molecule has 2 atom stereocenters. The van der Waals surface area contributed by atoms with E-state index in [1.165, 1.54) is 6.07 Å². The van der Waals surface area contributed by atoms with E-state index in [-0.39, 0.29) is 12.3 Å². The Morgan fingerprint density at radius 2 is 1.70 bits per heavy atom. The lowest BCUT2D eigenvalue weighted by Crippen LogP contribution is -2.51. The van der Waals surface area contributed by atoms with Crippen LogP contribution in [0.15, 0.2) is 79.0 Å². The normalized spacial score (nSPS) is 17.3. The van der Waals surface area contributed by atoms with E-state index < -0.39 is 46.1 Å². The highest BCUT2D eigenvalue weighted by Gasteiger charge is 2.33. The highest BCUT2D eigenvalue weighted by Crippen LogP contribution is 2.51. The maximum atomic E-state index is 14.0. The van der Waals surface area contributed by atoms with E-state index >= 15 is 0 Å². The minimum atomic E-state index is -4.48. The van der Waals surface area contributed by atoms with Gasteiger partial charge < -0.3 is 20.3 Å². The fourth-order valence-corrected chi connectivity index (χ4v) is 7.77. The van der Waals surface area contributed by atoms with Crippen LogP contribution in [0.4, 0.5) is 18.9 Å². The molecule has 8 nitrogen and oxygen atoms in total. The molecule has 0 aliphatic carbocycles. The molecule has 2 heterocycles. The molecule has 47 heavy (non-hydrogen) atoms. The van der Waals surface area contributed by atoms with Gasteiger partial charge in [-0.2, -0.15) is 13.2 Å². The van der Waals surface area contributed by atoms with Crippen LogP contribution in [0.3, 0.4) is 0 Å². The average molecular weight is 673 g/mol. The minimum Gasteiger partial charge on any atom is -0.390 e. The lowest BCUT2D eigenvalue weighted by Gasteiger charge is -2.47. The van der Waals surface area contributed by atoms with Crippen LogP contribution in [-0.4, -0.2) is 55.7 Å². The number of carbonyl (C=O) groups is 1. The quantitative estimate of drug-likeness (QED) is 0.116. The molecular formula is C35H43F3N4O4S. The van der Waals surface area contributed by atoms with Gasteiger partial charge in [-0.25, -0.2) is 0 Å². The van der Waals surface area contributed by atoms with Crippen LogP contribution in [0.2, 0.25) is 0 Å². The Bertz CT molecular complexity index is 1690. The van der Waals surface area contributed by atoms with Gasteiger partial charge in [-0.15, -0.1) is 10.8 Å². The first-order chi connectivity index (χ1) is 22.2. The van der Waals surface area contributed by atoms with E-state index in [2.05, 4.69) is 10.6 Å². The number of alkyl halides is 3. The highest BCUT2D eigenvalue weighted by molar-refractivity contribution is 8.25. The van der Waals surface area contributed by atoms with Crippen molar-refractivity contribution in [1.82, 2.24) is 15.2 Å². The first-order valence-electron chi connectivity index (χ1n) is 15.8. The molecule has 0 radical (unpaired) electrons. The topological polar surface area (TPSA) is 110 Å². The molecule has 254 valence electrons. The summed E-state index contributed by atoms with van der Waals surface area (Å²) in [5.74, 6) is -0.184. The van der Waals surface area contributed by atoms with Crippen LogP contribution >= 0.6 is 10.8 Å². The smallest absolute Gasteiger partial charge is 0.390 e. The summed E-state index contributed by atoms with van der Waals surface area (Å²) in [6, 6.07) is 19.1. The van der Waals surface area contributed by atoms with Gasteiger partial charge in [0.25, 0.3) is 5.91 Å². The van der Waals surface area contributed by atoms with Gasteiger partial charge in [0.05, 0.1) is 34.7 Å². The molecule has 0 saturated carbocycles. The second-order valence-corrected chi connectivity index (χ2v) is 14.7. The molecule has 0 unspecified atom stereocenters. The zero-order valence-corrected chi connectivity index (χ0v) is 27.6. The van der Waals surface area contributed by atoms with Gasteiger partial charge in [-0.3, -0.25) is 18.2 Å². The first kappa shape index (κ1) is 34.8. The van der Waals surface area contributed by atoms with E-state index in [1.807, 2.05) is 54.1 Å². The summed E-state index contributed by atoms with van der Waals surface area (Å²) in [6.45, 7) is 6.55. The van der Waals surface area contributed by atoms with Crippen molar-refractivity contribution < 1.29 is 32.2 Å². The number of aliphatic hydroxyl groups is 1. The predicted molar refractivity (Wildman–Crippen MR) is 182 cm³/mol. The number of anilines is 1. The van der Waals surface area contributed by atoms with E-state index in [0.29, 0.717) is 42.7 Å². The van der Waals surface area contributed by atoms with Crippen LogP contribution in [-0.2, 0) is 24.7 Å². The molecule has 12 heteroatoms. The van der Waals surface area contributed by atoms with Gasteiger partial charge in [-0.05, 0) is 81.5 Å². The Morgan fingerprint density at radius 3 is 2.38 bits per heavy atom. The second kappa shape index (κ2) is 13.9. The fourth-order valence-electron chi connectivity index (χ4n) is 6.07. The number of halogens is 3. The summed E-state index contributed by atoms with van der Waals surface area (Å²) in [6.07, 6.45) is -1.89. The first-order valence-corrected chi connectivity index (χ1v) is 17.5. The molecule has 1 aliphatic rings. The predicted octanol–water partition coefficient (Wildman–Crippen LogP) is 7.17. The Hall–Kier alpha value is -3.55.